The van der Waals surface area contributed by atoms with Crippen LogP contribution in [0.15, 0.2) is 24.3 Å². The van der Waals surface area contributed by atoms with Crippen LogP contribution in [0.1, 0.15) is 44.6 Å². The fraction of sp³-hybridized carbons (Fsp3) is 0.471. The minimum Gasteiger partial charge on any atom is -0.480 e. The van der Waals surface area contributed by atoms with Crippen molar-refractivity contribution in [2.75, 3.05) is 0 Å². The van der Waals surface area contributed by atoms with Gasteiger partial charge < -0.3 is 10.1 Å². The van der Waals surface area contributed by atoms with Crippen molar-refractivity contribution in [3.8, 4) is 17.9 Å². The minimum atomic E-state index is -0.776. The maximum absolute atomic E-state index is 12.3. The van der Waals surface area contributed by atoms with Crippen LogP contribution >= 0.6 is 0 Å². The number of carbonyl (C=O) groups excluding carboxylic acids is 1. The zero-order valence-corrected chi connectivity index (χ0v) is 12.6. The Hall–Kier alpha value is -2.53. The molecule has 0 radical (unpaired) electrons. The summed E-state index contributed by atoms with van der Waals surface area (Å²) in [6, 6.07) is 11.1. The third-order valence-electron chi connectivity index (χ3n) is 3.96. The Bertz CT molecular complexity index is 622. The van der Waals surface area contributed by atoms with Crippen LogP contribution in [-0.2, 0) is 4.79 Å². The standard InChI is InChI=1S/C17H19N3O2/c1-13(22-15-8-4-3-7-14(15)11-18)16(21)20-17(12-19)9-5-2-6-10-17/h3-4,7-8,13H,2,5-6,9-10H2,1H3,(H,20,21). The summed E-state index contributed by atoms with van der Waals surface area (Å²) >= 11 is 0. The molecule has 1 saturated carbocycles. The van der Waals surface area contributed by atoms with Crippen molar-refractivity contribution in [2.45, 2.75) is 50.7 Å². The average molecular weight is 297 g/mol. The molecule has 0 aromatic heterocycles. The molecule has 1 amide bonds. The number of nitriles is 2. The molecule has 0 spiro atoms. The van der Waals surface area contributed by atoms with Crippen LogP contribution in [0, 0.1) is 22.7 Å². The second-order valence-corrected chi connectivity index (χ2v) is 5.61. The fourth-order valence-electron chi connectivity index (χ4n) is 2.66. The summed E-state index contributed by atoms with van der Waals surface area (Å²) in [7, 11) is 0. The predicted octanol–water partition coefficient (Wildman–Crippen LogP) is 2.67. The molecule has 1 fully saturated rings. The molecule has 0 bridgehead atoms. The number of nitrogens with one attached hydrogen (secondary N) is 1. The largest absolute Gasteiger partial charge is 0.480 e. The van der Waals surface area contributed by atoms with Gasteiger partial charge in [0.05, 0.1) is 11.6 Å². The van der Waals surface area contributed by atoms with Gasteiger partial charge in [-0.3, -0.25) is 4.79 Å². The fourth-order valence-corrected chi connectivity index (χ4v) is 2.66. The molecule has 1 N–H and O–H groups in total. The summed E-state index contributed by atoms with van der Waals surface area (Å²) in [5.41, 5.74) is -0.392. The number of amides is 1. The monoisotopic (exact) mass is 297 g/mol. The van der Waals surface area contributed by atoms with Crippen LogP contribution in [0.25, 0.3) is 0 Å². The van der Waals surface area contributed by atoms with Gasteiger partial charge in [0.25, 0.3) is 5.91 Å². The van der Waals surface area contributed by atoms with Gasteiger partial charge in [-0.15, -0.1) is 0 Å². The highest BCUT2D eigenvalue weighted by Crippen LogP contribution is 2.28. The molecule has 1 atom stereocenters. The van der Waals surface area contributed by atoms with E-state index in [1.807, 2.05) is 6.07 Å². The number of carbonyl (C=O) groups is 1. The first-order valence-corrected chi connectivity index (χ1v) is 7.49. The Morgan fingerprint density at radius 1 is 1.27 bits per heavy atom. The highest BCUT2D eigenvalue weighted by molar-refractivity contribution is 5.82. The van der Waals surface area contributed by atoms with Crippen LogP contribution in [0.5, 0.6) is 5.75 Å². The quantitative estimate of drug-likeness (QED) is 0.925. The number of ether oxygens (including phenoxy) is 1. The predicted molar refractivity (Wildman–Crippen MR) is 80.8 cm³/mol. The molecule has 114 valence electrons. The average Bonchev–Trinajstić information content (AvgIpc) is 2.56. The van der Waals surface area contributed by atoms with Gasteiger partial charge in [-0.25, -0.2) is 0 Å². The molecule has 5 heteroatoms. The van der Waals surface area contributed by atoms with Crippen molar-refractivity contribution >= 4 is 5.91 Å². The molecule has 0 saturated heterocycles. The maximum Gasteiger partial charge on any atom is 0.262 e. The molecule has 1 unspecified atom stereocenters. The number of rotatable bonds is 4. The lowest BCUT2D eigenvalue weighted by Crippen LogP contribution is -2.52. The van der Waals surface area contributed by atoms with Crippen molar-refractivity contribution in [3.63, 3.8) is 0 Å². The van der Waals surface area contributed by atoms with E-state index < -0.39 is 11.6 Å². The first kappa shape index (κ1) is 15.9. The third-order valence-corrected chi connectivity index (χ3v) is 3.96. The first-order valence-electron chi connectivity index (χ1n) is 7.49. The lowest BCUT2D eigenvalue weighted by molar-refractivity contribution is -0.129. The number of para-hydroxylation sites is 1. The van der Waals surface area contributed by atoms with Crippen LogP contribution in [0.4, 0.5) is 0 Å². The molecule has 0 aliphatic heterocycles. The molecule has 2 rings (SSSR count). The SMILES string of the molecule is CC(Oc1ccccc1C#N)C(=O)NC1(C#N)CCCCC1. The molecule has 5 nitrogen and oxygen atoms in total. The van der Waals surface area contributed by atoms with E-state index in [0.29, 0.717) is 24.2 Å². The molecular weight excluding hydrogens is 278 g/mol. The molecule has 0 heterocycles. The topological polar surface area (TPSA) is 85.9 Å². The Morgan fingerprint density at radius 2 is 1.95 bits per heavy atom. The normalized spacial score (nSPS) is 17.6. The van der Waals surface area contributed by atoms with E-state index in [9.17, 15) is 10.1 Å². The van der Waals surface area contributed by atoms with Crippen LogP contribution < -0.4 is 10.1 Å². The number of benzene rings is 1. The van der Waals surface area contributed by atoms with E-state index in [1.54, 1.807) is 31.2 Å². The van der Waals surface area contributed by atoms with Gasteiger partial charge in [0, 0.05) is 0 Å². The Labute approximate surface area is 130 Å². The summed E-state index contributed by atoms with van der Waals surface area (Å²) in [6.45, 7) is 1.62. The molecular formula is C17H19N3O2. The second kappa shape index (κ2) is 6.95. The van der Waals surface area contributed by atoms with E-state index in [2.05, 4.69) is 11.4 Å². The van der Waals surface area contributed by atoms with Gasteiger partial charge in [0.15, 0.2) is 6.10 Å². The number of hydrogen-bond donors (Lipinski definition) is 1. The minimum absolute atomic E-state index is 0.323. The maximum atomic E-state index is 12.3. The summed E-state index contributed by atoms with van der Waals surface area (Å²) in [4.78, 5) is 12.3. The van der Waals surface area contributed by atoms with Gasteiger partial charge in [0.1, 0.15) is 17.4 Å². The number of nitrogens with zero attached hydrogens (tertiary/aromatic N) is 2. The summed E-state index contributed by atoms with van der Waals surface area (Å²) in [6.07, 6.45) is 3.58. The highest BCUT2D eigenvalue weighted by atomic mass is 16.5. The molecule has 1 aliphatic rings. The van der Waals surface area contributed by atoms with Crippen LogP contribution in [0.3, 0.4) is 0 Å². The second-order valence-electron chi connectivity index (χ2n) is 5.61. The van der Waals surface area contributed by atoms with Crippen LogP contribution in [-0.4, -0.2) is 17.6 Å². The summed E-state index contributed by atoms with van der Waals surface area (Å²) in [5, 5.41) is 21.3. The Morgan fingerprint density at radius 3 is 2.59 bits per heavy atom. The molecule has 1 aliphatic carbocycles. The van der Waals surface area contributed by atoms with E-state index in [0.717, 1.165) is 19.3 Å². The van der Waals surface area contributed by atoms with E-state index in [1.165, 1.54) is 0 Å². The van der Waals surface area contributed by atoms with Crippen molar-refractivity contribution in [1.29, 1.82) is 10.5 Å². The van der Waals surface area contributed by atoms with Gasteiger partial charge in [-0.1, -0.05) is 31.4 Å². The van der Waals surface area contributed by atoms with Crippen molar-refractivity contribution in [1.82, 2.24) is 5.32 Å². The van der Waals surface area contributed by atoms with Crippen molar-refractivity contribution in [3.05, 3.63) is 29.8 Å². The zero-order valence-electron chi connectivity index (χ0n) is 12.6. The Balaban J connectivity index is 2.03. The highest BCUT2D eigenvalue weighted by Gasteiger charge is 2.35. The smallest absolute Gasteiger partial charge is 0.262 e. The Kier molecular flexibility index (Phi) is 5.01. The van der Waals surface area contributed by atoms with Gasteiger partial charge in [-0.05, 0) is 31.9 Å². The zero-order chi connectivity index (χ0) is 16.0. The van der Waals surface area contributed by atoms with Crippen molar-refractivity contribution in [2.24, 2.45) is 0 Å². The lowest BCUT2D eigenvalue weighted by Gasteiger charge is -2.32. The van der Waals surface area contributed by atoms with Gasteiger partial charge in [0.2, 0.25) is 0 Å². The van der Waals surface area contributed by atoms with Crippen LogP contribution in [0.2, 0.25) is 0 Å². The summed E-state index contributed by atoms with van der Waals surface area (Å²) < 4.78 is 5.59. The molecule has 22 heavy (non-hydrogen) atoms. The lowest BCUT2D eigenvalue weighted by atomic mass is 9.83. The molecule has 1 aromatic carbocycles. The molecule has 1 aromatic rings. The third kappa shape index (κ3) is 3.56. The summed E-state index contributed by atoms with van der Waals surface area (Å²) in [5.74, 6) is 0.0542. The number of hydrogen-bond acceptors (Lipinski definition) is 4. The van der Waals surface area contributed by atoms with Crippen molar-refractivity contribution < 1.29 is 9.53 Å². The van der Waals surface area contributed by atoms with E-state index in [-0.39, 0.29) is 5.91 Å². The first-order chi connectivity index (χ1) is 10.6. The van der Waals surface area contributed by atoms with Gasteiger partial charge in [-0.2, -0.15) is 10.5 Å². The van der Waals surface area contributed by atoms with E-state index in [4.69, 9.17) is 10.00 Å². The van der Waals surface area contributed by atoms with E-state index >= 15 is 0 Å². The van der Waals surface area contributed by atoms with Gasteiger partial charge >= 0.3 is 0 Å².